The van der Waals surface area contributed by atoms with E-state index in [4.69, 9.17) is 17.0 Å². The molecule has 0 saturated carbocycles. The standard InChI is InChI=1S/C14H20N2O2S/c1-9(2)15-14(19)16-13(17)11-6-5-7-12(8-11)18-10(3)4/h5-10H,1-4H3,(H2,15,16,17,19). The molecular formula is C14H20N2O2S. The van der Waals surface area contributed by atoms with E-state index in [0.717, 1.165) is 0 Å². The van der Waals surface area contributed by atoms with Crippen molar-refractivity contribution in [2.45, 2.75) is 39.8 Å². The van der Waals surface area contributed by atoms with Gasteiger partial charge in [0.2, 0.25) is 0 Å². The second-order valence-corrected chi connectivity index (χ2v) is 5.18. The summed E-state index contributed by atoms with van der Waals surface area (Å²) in [5.41, 5.74) is 0.519. The highest BCUT2D eigenvalue weighted by Crippen LogP contribution is 2.14. The van der Waals surface area contributed by atoms with E-state index in [1.165, 1.54) is 0 Å². The molecule has 1 aromatic carbocycles. The number of carbonyl (C=O) groups is 1. The number of rotatable bonds is 4. The van der Waals surface area contributed by atoms with Crippen LogP contribution in [0.2, 0.25) is 0 Å². The van der Waals surface area contributed by atoms with Gasteiger partial charge < -0.3 is 10.1 Å². The maximum Gasteiger partial charge on any atom is 0.257 e. The third-order valence-corrected chi connectivity index (χ3v) is 2.33. The van der Waals surface area contributed by atoms with Crippen molar-refractivity contribution in [3.05, 3.63) is 29.8 Å². The number of thiocarbonyl (C=S) groups is 1. The van der Waals surface area contributed by atoms with Crippen molar-refractivity contribution in [1.82, 2.24) is 10.6 Å². The summed E-state index contributed by atoms with van der Waals surface area (Å²) in [6.45, 7) is 7.79. The molecule has 19 heavy (non-hydrogen) atoms. The maximum atomic E-state index is 12.0. The molecule has 1 amide bonds. The van der Waals surface area contributed by atoms with Crippen LogP contribution in [0.15, 0.2) is 24.3 Å². The number of carbonyl (C=O) groups excluding carboxylic acids is 1. The molecule has 5 heteroatoms. The molecule has 0 fully saturated rings. The van der Waals surface area contributed by atoms with Gasteiger partial charge in [0.05, 0.1) is 6.10 Å². The van der Waals surface area contributed by atoms with Gasteiger partial charge in [-0.25, -0.2) is 0 Å². The first-order chi connectivity index (χ1) is 8.88. The Hall–Kier alpha value is -1.62. The fourth-order valence-corrected chi connectivity index (χ4v) is 1.78. The summed E-state index contributed by atoms with van der Waals surface area (Å²) in [6.07, 6.45) is 0.0713. The van der Waals surface area contributed by atoms with Gasteiger partial charge in [-0.2, -0.15) is 0 Å². The second-order valence-electron chi connectivity index (χ2n) is 4.78. The SMILES string of the molecule is CC(C)NC(=S)NC(=O)c1cccc(OC(C)C)c1. The van der Waals surface area contributed by atoms with Gasteiger partial charge in [0.1, 0.15) is 5.75 Å². The predicted octanol–water partition coefficient (Wildman–Crippen LogP) is 2.49. The molecule has 0 bridgehead atoms. The third kappa shape index (κ3) is 5.70. The molecule has 0 aromatic heterocycles. The lowest BCUT2D eigenvalue weighted by Crippen LogP contribution is -2.42. The quantitative estimate of drug-likeness (QED) is 0.832. The van der Waals surface area contributed by atoms with Crippen molar-refractivity contribution in [2.75, 3.05) is 0 Å². The van der Waals surface area contributed by atoms with Gasteiger partial charge in [-0.05, 0) is 58.1 Å². The Morgan fingerprint density at radius 2 is 1.95 bits per heavy atom. The first-order valence-corrected chi connectivity index (χ1v) is 6.68. The molecule has 0 unspecified atom stereocenters. The summed E-state index contributed by atoms with van der Waals surface area (Å²) in [7, 11) is 0. The zero-order valence-corrected chi connectivity index (χ0v) is 12.5. The first-order valence-electron chi connectivity index (χ1n) is 6.27. The highest BCUT2D eigenvalue weighted by molar-refractivity contribution is 7.80. The van der Waals surface area contributed by atoms with Gasteiger partial charge in [0.15, 0.2) is 5.11 Å². The Morgan fingerprint density at radius 1 is 1.26 bits per heavy atom. The van der Waals surface area contributed by atoms with Crippen molar-refractivity contribution in [1.29, 1.82) is 0 Å². The van der Waals surface area contributed by atoms with Crippen molar-refractivity contribution in [3.8, 4) is 5.75 Å². The predicted molar refractivity (Wildman–Crippen MR) is 80.5 cm³/mol. The highest BCUT2D eigenvalue weighted by atomic mass is 32.1. The zero-order valence-electron chi connectivity index (χ0n) is 11.7. The molecule has 0 heterocycles. The van der Waals surface area contributed by atoms with Crippen LogP contribution in [-0.2, 0) is 0 Å². The van der Waals surface area contributed by atoms with Crippen molar-refractivity contribution < 1.29 is 9.53 Å². The van der Waals surface area contributed by atoms with Crippen LogP contribution in [0.4, 0.5) is 0 Å². The van der Waals surface area contributed by atoms with E-state index in [1.54, 1.807) is 18.2 Å². The minimum absolute atomic E-state index is 0.0713. The fraction of sp³-hybridized carbons (Fsp3) is 0.429. The molecule has 0 saturated heterocycles. The molecule has 0 radical (unpaired) electrons. The summed E-state index contributed by atoms with van der Waals surface area (Å²) in [5, 5.41) is 5.92. The summed E-state index contributed by atoms with van der Waals surface area (Å²) >= 11 is 5.03. The largest absolute Gasteiger partial charge is 0.491 e. The van der Waals surface area contributed by atoms with Gasteiger partial charge >= 0.3 is 0 Å². The Kier molecular flexibility index (Phi) is 5.76. The number of amides is 1. The lowest BCUT2D eigenvalue weighted by atomic mass is 10.2. The fourth-order valence-electron chi connectivity index (χ4n) is 1.46. The van der Waals surface area contributed by atoms with Gasteiger partial charge in [0, 0.05) is 11.6 Å². The molecule has 1 aromatic rings. The summed E-state index contributed by atoms with van der Waals surface area (Å²) < 4.78 is 5.55. The summed E-state index contributed by atoms with van der Waals surface area (Å²) in [4.78, 5) is 12.0. The average Bonchev–Trinajstić information content (AvgIpc) is 2.27. The van der Waals surface area contributed by atoms with Crippen LogP contribution in [0.25, 0.3) is 0 Å². The normalized spacial score (nSPS) is 10.4. The van der Waals surface area contributed by atoms with Gasteiger partial charge in [-0.15, -0.1) is 0 Å². The van der Waals surface area contributed by atoms with Gasteiger partial charge in [-0.1, -0.05) is 6.07 Å². The van der Waals surface area contributed by atoms with Crippen molar-refractivity contribution in [3.63, 3.8) is 0 Å². The Morgan fingerprint density at radius 3 is 2.53 bits per heavy atom. The van der Waals surface area contributed by atoms with Crippen LogP contribution in [-0.4, -0.2) is 23.2 Å². The van der Waals surface area contributed by atoms with Crippen LogP contribution in [0.1, 0.15) is 38.1 Å². The number of benzene rings is 1. The number of ether oxygens (including phenoxy) is 1. The van der Waals surface area contributed by atoms with E-state index in [0.29, 0.717) is 16.4 Å². The summed E-state index contributed by atoms with van der Waals surface area (Å²) in [5.74, 6) is 0.428. The molecule has 0 aliphatic heterocycles. The lowest BCUT2D eigenvalue weighted by molar-refractivity contribution is 0.0976. The smallest absolute Gasteiger partial charge is 0.257 e. The van der Waals surface area contributed by atoms with E-state index in [2.05, 4.69) is 10.6 Å². The molecule has 0 atom stereocenters. The average molecular weight is 280 g/mol. The van der Waals surface area contributed by atoms with Crippen molar-refractivity contribution >= 4 is 23.2 Å². The van der Waals surface area contributed by atoms with Crippen LogP contribution in [0, 0.1) is 0 Å². The highest BCUT2D eigenvalue weighted by Gasteiger charge is 2.09. The van der Waals surface area contributed by atoms with Crippen LogP contribution in [0.3, 0.4) is 0 Å². The lowest BCUT2D eigenvalue weighted by Gasteiger charge is -2.13. The molecule has 0 aliphatic carbocycles. The van der Waals surface area contributed by atoms with Crippen LogP contribution in [0.5, 0.6) is 5.75 Å². The number of nitrogens with one attached hydrogen (secondary N) is 2. The molecule has 0 aliphatic rings. The summed E-state index contributed by atoms with van der Waals surface area (Å²) in [6, 6.07) is 7.21. The molecule has 4 nitrogen and oxygen atoms in total. The first kappa shape index (κ1) is 15.4. The molecular weight excluding hydrogens is 260 g/mol. The third-order valence-electron chi connectivity index (χ3n) is 2.11. The maximum absolute atomic E-state index is 12.0. The van der Waals surface area contributed by atoms with E-state index in [1.807, 2.05) is 33.8 Å². The monoisotopic (exact) mass is 280 g/mol. The Labute approximate surface area is 119 Å². The molecule has 0 spiro atoms. The zero-order chi connectivity index (χ0) is 14.4. The van der Waals surface area contributed by atoms with Crippen molar-refractivity contribution in [2.24, 2.45) is 0 Å². The van der Waals surface area contributed by atoms with E-state index in [9.17, 15) is 4.79 Å². The minimum atomic E-state index is -0.243. The molecule has 2 N–H and O–H groups in total. The molecule has 104 valence electrons. The number of hydrogen-bond acceptors (Lipinski definition) is 3. The van der Waals surface area contributed by atoms with Crippen LogP contribution >= 0.6 is 12.2 Å². The van der Waals surface area contributed by atoms with Crippen LogP contribution < -0.4 is 15.4 Å². The topological polar surface area (TPSA) is 50.4 Å². The van der Waals surface area contributed by atoms with Gasteiger partial charge in [-0.3, -0.25) is 10.1 Å². The Balaban J connectivity index is 2.69. The molecule has 1 rings (SSSR count). The Bertz CT molecular complexity index is 459. The minimum Gasteiger partial charge on any atom is -0.491 e. The van der Waals surface area contributed by atoms with Gasteiger partial charge in [0.25, 0.3) is 5.91 Å². The second kappa shape index (κ2) is 7.09. The van der Waals surface area contributed by atoms with E-state index < -0.39 is 0 Å². The van der Waals surface area contributed by atoms with E-state index >= 15 is 0 Å². The number of hydrogen-bond donors (Lipinski definition) is 2. The van der Waals surface area contributed by atoms with E-state index in [-0.39, 0.29) is 18.1 Å².